The van der Waals surface area contributed by atoms with E-state index in [0.29, 0.717) is 43.4 Å². The Balaban J connectivity index is 1.10. The smallest absolute Gasteiger partial charge is 0.287 e. The third-order valence-electron chi connectivity index (χ3n) is 9.39. The van der Waals surface area contributed by atoms with Crippen LogP contribution in [0.25, 0.3) is 0 Å². The largest absolute Gasteiger partial charge is 0.497 e. The van der Waals surface area contributed by atoms with E-state index in [-0.39, 0.29) is 22.7 Å². The molecular formula is C30H41ClN4O5. The predicted octanol–water partition coefficient (Wildman–Crippen LogP) is 4.40. The van der Waals surface area contributed by atoms with Gasteiger partial charge < -0.3 is 29.2 Å². The highest BCUT2D eigenvalue weighted by molar-refractivity contribution is 6.32. The Bertz CT molecular complexity index is 1180. The van der Waals surface area contributed by atoms with Crippen LogP contribution in [0.1, 0.15) is 44.6 Å². The zero-order chi connectivity index (χ0) is 27.5. The second-order valence-electron chi connectivity index (χ2n) is 11.7. The van der Waals surface area contributed by atoms with E-state index in [0.717, 1.165) is 69.3 Å². The molecule has 2 aliphatic carbocycles. The van der Waals surface area contributed by atoms with Gasteiger partial charge in [-0.05, 0) is 74.6 Å². The maximum atomic E-state index is 13.3. The van der Waals surface area contributed by atoms with Crippen LogP contribution >= 0.6 is 11.6 Å². The van der Waals surface area contributed by atoms with Crippen LogP contribution in [0, 0.1) is 17.8 Å². The monoisotopic (exact) mass is 572 g/mol. The number of nitrogens with one attached hydrogen (secondary N) is 1. The van der Waals surface area contributed by atoms with E-state index >= 15 is 0 Å². The van der Waals surface area contributed by atoms with E-state index in [4.69, 9.17) is 30.5 Å². The van der Waals surface area contributed by atoms with Gasteiger partial charge in [-0.15, -0.1) is 0 Å². The Morgan fingerprint density at radius 3 is 2.58 bits per heavy atom. The molecule has 2 saturated carbocycles. The Hall–Kier alpha value is -2.33. The van der Waals surface area contributed by atoms with Crippen LogP contribution in [0.3, 0.4) is 0 Å². The van der Waals surface area contributed by atoms with E-state index in [1.54, 1.807) is 18.0 Å². The van der Waals surface area contributed by atoms with Gasteiger partial charge in [0.25, 0.3) is 5.56 Å². The first-order valence-electron chi connectivity index (χ1n) is 14.8. The highest BCUT2D eigenvalue weighted by Gasteiger charge is 2.40. The highest BCUT2D eigenvalue weighted by Crippen LogP contribution is 2.43. The minimum atomic E-state index is -0.212. The number of halogens is 1. The van der Waals surface area contributed by atoms with Crippen LogP contribution in [0.15, 0.2) is 35.3 Å². The molecule has 218 valence electrons. The van der Waals surface area contributed by atoms with E-state index < -0.39 is 0 Å². The van der Waals surface area contributed by atoms with Crippen LogP contribution in [-0.4, -0.2) is 75.2 Å². The van der Waals surface area contributed by atoms with Gasteiger partial charge >= 0.3 is 0 Å². The molecule has 6 rings (SSSR count). The molecule has 2 aliphatic heterocycles. The SMILES string of the molecule is COc1ccc(N(C[C@H]2COCCO2)C2CCC(n3ncc(NC[C@@H]4COC[C@H]5CC[C@H]54)c(Cl)c3=O)CC2)cc1. The number of fused-ring (bicyclic) bond motifs is 1. The van der Waals surface area contributed by atoms with Crippen molar-refractivity contribution in [3.05, 3.63) is 45.8 Å². The number of methoxy groups -OCH3 is 1. The summed E-state index contributed by atoms with van der Waals surface area (Å²) in [4.78, 5) is 15.7. The number of benzene rings is 1. The summed E-state index contributed by atoms with van der Waals surface area (Å²) in [5.41, 5.74) is 1.55. The Morgan fingerprint density at radius 2 is 1.88 bits per heavy atom. The Morgan fingerprint density at radius 1 is 1.05 bits per heavy atom. The lowest BCUT2D eigenvalue weighted by molar-refractivity contribution is -0.0847. The topological polar surface area (TPSA) is 87.1 Å². The Labute approximate surface area is 241 Å². The van der Waals surface area contributed by atoms with Crippen LogP contribution in [-0.2, 0) is 14.2 Å². The van der Waals surface area contributed by atoms with Crippen molar-refractivity contribution in [2.24, 2.45) is 17.8 Å². The molecule has 0 bridgehead atoms. The molecule has 0 spiro atoms. The lowest BCUT2D eigenvalue weighted by Gasteiger charge is -2.45. The van der Waals surface area contributed by atoms with Gasteiger partial charge in [0.2, 0.25) is 0 Å². The van der Waals surface area contributed by atoms with Crippen molar-refractivity contribution in [1.82, 2.24) is 9.78 Å². The second-order valence-corrected chi connectivity index (χ2v) is 12.1. The number of rotatable bonds is 9. The van der Waals surface area contributed by atoms with Gasteiger partial charge in [0.15, 0.2) is 0 Å². The van der Waals surface area contributed by atoms with Gasteiger partial charge in [0.1, 0.15) is 10.8 Å². The third-order valence-corrected chi connectivity index (χ3v) is 9.75. The molecule has 1 N–H and O–H groups in total. The average Bonchev–Trinajstić information content (AvgIpc) is 2.98. The molecule has 0 amide bonds. The molecule has 1 aromatic heterocycles. The van der Waals surface area contributed by atoms with Gasteiger partial charge in [-0.1, -0.05) is 11.6 Å². The summed E-state index contributed by atoms with van der Waals surface area (Å²) in [6, 6.07) is 8.58. The molecule has 4 aliphatic rings. The van der Waals surface area contributed by atoms with E-state index in [1.165, 1.54) is 12.8 Å². The summed E-state index contributed by atoms with van der Waals surface area (Å²) in [6.07, 6.45) is 7.90. The van der Waals surface area contributed by atoms with Crippen LogP contribution in [0.5, 0.6) is 5.75 Å². The maximum absolute atomic E-state index is 13.3. The summed E-state index contributed by atoms with van der Waals surface area (Å²) < 4.78 is 24.4. The summed E-state index contributed by atoms with van der Waals surface area (Å²) in [6.45, 7) is 5.07. The fourth-order valence-electron chi connectivity index (χ4n) is 6.91. The number of hydrogen-bond acceptors (Lipinski definition) is 8. The van der Waals surface area contributed by atoms with Gasteiger partial charge in [-0.2, -0.15) is 5.10 Å². The molecule has 4 fully saturated rings. The first kappa shape index (κ1) is 27.8. The highest BCUT2D eigenvalue weighted by atomic mass is 35.5. The van der Waals surface area contributed by atoms with Crippen molar-refractivity contribution in [3.8, 4) is 5.75 Å². The van der Waals surface area contributed by atoms with Gasteiger partial charge in [0.05, 0.1) is 57.6 Å². The minimum absolute atomic E-state index is 0.0322. The number of anilines is 2. The van der Waals surface area contributed by atoms with Crippen LogP contribution in [0.2, 0.25) is 5.02 Å². The van der Waals surface area contributed by atoms with Gasteiger partial charge in [-0.25, -0.2) is 4.68 Å². The molecule has 10 heteroatoms. The normalized spacial score (nSPS) is 30.1. The van der Waals surface area contributed by atoms with Crippen molar-refractivity contribution >= 4 is 23.0 Å². The molecule has 2 aromatic rings. The van der Waals surface area contributed by atoms with Crippen LogP contribution < -0.4 is 20.5 Å². The quantitative estimate of drug-likeness (QED) is 0.473. The lowest BCUT2D eigenvalue weighted by Crippen LogP contribution is -2.46. The maximum Gasteiger partial charge on any atom is 0.287 e. The zero-order valence-corrected chi connectivity index (χ0v) is 24.1. The standard InChI is InChI=1S/C30H41ClN4O5/c1-37-25-9-7-23(8-10-25)34(16-26-19-38-12-13-40-26)22-3-5-24(6-4-22)35-30(36)29(31)28(15-33-35)32-14-21-18-39-17-20-2-11-27(20)21/h7-10,15,20-22,24,26-27,32H,2-6,11-14,16-19H2,1H3/t20-,21-,22?,24?,26+,27-/m1/s1. The summed E-state index contributed by atoms with van der Waals surface area (Å²) >= 11 is 6.60. The molecule has 3 heterocycles. The fourth-order valence-corrected chi connectivity index (χ4v) is 7.11. The average molecular weight is 573 g/mol. The van der Waals surface area contributed by atoms with E-state index in [2.05, 4.69) is 27.4 Å². The second kappa shape index (κ2) is 12.7. The summed E-state index contributed by atoms with van der Waals surface area (Å²) in [5.74, 6) is 2.71. The van der Waals surface area contributed by atoms with Crippen molar-refractivity contribution in [2.45, 2.75) is 56.7 Å². The number of ether oxygens (including phenoxy) is 4. The molecule has 9 nitrogen and oxygen atoms in total. The van der Waals surface area contributed by atoms with Crippen molar-refractivity contribution in [2.75, 3.05) is 63.5 Å². The Kier molecular flexibility index (Phi) is 8.82. The molecule has 0 unspecified atom stereocenters. The fraction of sp³-hybridized carbons (Fsp3) is 0.667. The number of hydrogen-bond donors (Lipinski definition) is 1. The number of nitrogens with zero attached hydrogens (tertiary/aromatic N) is 3. The number of aromatic nitrogens is 2. The van der Waals surface area contributed by atoms with Crippen molar-refractivity contribution in [1.29, 1.82) is 0 Å². The molecule has 2 saturated heterocycles. The van der Waals surface area contributed by atoms with Gasteiger partial charge in [-0.3, -0.25) is 4.79 Å². The zero-order valence-electron chi connectivity index (χ0n) is 23.3. The third kappa shape index (κ3) is 5.98. The van der Waals surface area contributed by atoms with Crippen molar-refractivity contribution < 1.29 is 18.9 Å². The predicted molar refractivity (Wildman–Crippen MR) is 155 cm³/mol. The summed E-state index contributed by atoms with van der Waals surface area (Å²) in [5, 5.41) is 8.21. The van der Waals surface area contributed by atoms with E-state index in [1.807, 2.05) is 12.1 Å². The molecule has 0 radical (unpaired) electrons. The first-order valence-corrected chi connectivity index (χ1v) is 15.2. The minimum Gasteiger partial charge on any atom is -0.497 e. The molecule has 40 heavy (non-hydrogen) atoms. The molecular weight excluding hydrogens is 532 g/mol. The van der Waals surface area contributed by atoms with Crippen molar-refractivity contribution in [3.63, 3.8) is 0 Å². The first-order chi connectivity index (χ1) is 19.6. The van der Waals surface area contributed by atoms with Crippen LogP contribution in [0.4, 0.5) is 11.4 Å². The molecule has 4 atom stereocenters. The molecule has 1 aromatic carbocycles. The summed E-state index contributed by atoms with van der Waals surface area (Å²) in [7, 11) is 1.68. The van der Waals surface area contributed by atoms with E-state index in [9.17, 15) is 4.79 Å². The lowest BCUT2D eigenvalue weighted by atomic mass is 9.66. The van der Waals surface area contributed by atoms with Gasteiger partial charge in [0, 0.05) is 37.3 Å².